The van der Waals surface area contributed by atoms with Crippen LogP contribution in [0.25, 0.3) is 6.08 Å². The number of amidine groups is 1. The number of hydrogen-bond acceptors (Lipinski definition) is 8. The fourth-order valence-corrected chi connectivity index (χ4v) is 4.54. The van der Waals surface area contributed by atoms with E-state index in [1.165, 1.54) is 48.4 Å². The molecule has 0 radical (unpaired) electrons. The fourth-order valence-electron chi connectivity index (χ4n) is 3.64. The lowest BCUT2D eigenvalue weighted by molar-refractivity contribution is -0.113. The second-order valence-electron chi connectivity index (χ2n) is 8.04. The number of benzene rings is 3. The van der Waals surface area contributed by atoms with Crippen molar-refractivity contribution < 1.29 is 37.7 Å². The van der Waals surface area contributed by atoms with Gasteiger partial charge in [0.15, 0.2) is 22.4 Å². The molecule has 0 saturated heterocycles. The quantitative estimate of drug-likeness (QED) is 0.251. The summed E-state index contributed by atoms with van der Waals surface area (Å²) in [5.41, 5.74) is 1.46. The number of aromatic hydroxyl groups is 1. The van der Waals surface area contributed by atoms with Crippen LogP contribution in [0.15, 0.2) is 77.4 Å². The van der Waals surface area contributed by atoms with Crippen LogP contribution in [-0.4, -0.2) is 48.0 Å². The van der Waals surface area contributed by atoms with E-state index in [-0.39, 0.29) is 39.6 Å². The van der Waals surface area contributed by atoms with Gasteiger partial charge in [0.05, 0.1) is 25.2 Å². The third-order valence-corrected chi connectivity index (χ3v) is 6.42. The molecule has 0 atom stereocenters. The number of nitrogens with zero attached hydrogens (tertiary/aromatic N) is 2. The van der Waals surface area contributed by atoms with Crippen molar-refractivity contribution in [3.63, 3.8) is 0 Å². The van der Waals surface area contributed by atoms with Crippen LogP contribution in [0.2, 0.25) is 0 Å². The van der Waals surface area contributed by atoms with Gasteiger partial charge in [0, 0.05) is 5.56 Å². The van der Waals surface area contributed by atoms with E-state index < -0.39 is 12.5 Å². The van der Waals surface area contributed by atoms with Gasteiger partial charge in [0.1, 0.15) is 17.2 Å². The number of thioether (sulfide) groups is 1. The van der Waals surface area contributed by atoms with Gasteiger partial charge < -0.3 is 19.3 Å². The average Bonchev–Trinajstić information content (AvgIpc) is 3.24. The Balaban J connectivity index is 1.63. The molecule has 3 aromatic carbocycles. The number of methoxy groups -OCH3 is 1. The molecule has 8 nitrogen and oxygen atoms in total. The molecule has 0 saturated carbocycles. The maximum atomic E-state index is 13.4. The van der Waals surface area contributed by atoms with Crippen molar-refractivity contribution in [1.29, 1.82) is 0 Å². The lowest BCUT2D eigenvalue weighted by Gasteiger charge is -2.18. The first-order valence-corrected chi connectivity index (χ1v) is 12.7. The van der Waals surface area contributed by atoms with Gasteiger partial charge >= 0.3 is 6.61 Å². The lowest BCUT2D eigenvalue weighted by atomic mass is 10.1. The molecule has 0 aromatic heterocycles. The first-order chi connectivity index (χ1) is 18.8. The minimum absolute atomic E-state index is 0.0114. The molecule has 3 aromatic rings. The van der Waals surface area contributed by atoms with Gasteiger partial charge in [-0.25, -0.2) is 4.99 Å². The van der Waals surface area contributed by atoms with Crippen molar-refractivity contribution in [1.82, 2.24) is 0 Å². The first kappa shape index (κ1) is 27.6. The number of carbonyl (C=O) groups is 2. The average molecular weight is 555 g/mol. The van der Waals surface area contributed by atoms with E-state index in [0.717, 1.165) is 11.8 Å². The largest absolute Gasteiger partial charge is 0.504 e. The molecule has 11 heteroatoms. The molecule has 1 N–H and O–H groups in total. The Hall–Kier alpha value is -4.38. The van der Waals surface area contributed by atoms with Gasteiger partial charge in [-0.2, -0.15) is 8.78 Å². The van der Waals surface area contributed by atoms with Gasteiger partial charge in [0.2, 0.25) is 0 Å². The standard InChI is InChI=1S/C28H24F2N2O6S/c1-3-37-25-15-17(4-13-23(25)33)14-22-26(35)32(19-7-11-21(12-8-19)38-27(29)30)28(31-22)39-16-24(34)18-5-9-20(36-2)10-6-18/h4-15,27,33H,3,16H2,1-2H3. The van der Waals surface area contributed by atoms with Gasteiger partial charge in [-0.15, -0.1) is 0 Å². The van der Waals surface area contributed by atoms with Crippen LogP contribution in [0.3, 0.4) is 0 Å². The third kappa shape index (κ3) is 6.74. The molecule has 0 aliphatic carbocycles. The molecule has 1 heterocycles. The molecule has 0 spiro atoms. The van der Waals surface area contributed by atoms with E-state index in [1.807, 2.05) is 0 Å². The van der Waals surface area contributed by atoms with Gasteiger partial charge in [-0.05, 0) is 79.2 Å². The van der Waals surface area contributed by atoms with E-state index in [4.69, 9.17) is 9.47 Å². The van der Waals surface area contributed by atoms with Crippen LogP contribution in [0, 0.1) is 0 Å². The molecule has 1 aliphatic heterocycles. The zero-order valence-electron chi connectivity index (χ0n) is 21.0. The smallest absolute Gasteiger partial charge is 0.387 e. The Labute approximate surface area is 227 Å². The van der Waals surface area contributed by atoms with Crippen LogP contribution in [0.4, 0.5) is 14.5 Å². The van der Waals surface area contributed by atoms with Crippen molar-refractivity contribution in [2.24, 2.45) is 4.99 Å². The second kappa shape index (κ2) is 12.4. The molecular formula is C28H24F2N2O6S. The molecule has 202 valence electrons. The number of phenols is 1. The van der Waals surface area contributed by atoms with Gasteiger partial charge in [-0.1, -0.05) is 17.8 Å². The highest BCUT2D eigenvalue weighted by molar-refractivity contribution is 8.14. The number of halogens is 2. The van der Waals surface area contributed by atoms with E-state index >= 15 is 0 Å². The molecule has 0 bridgehead atoms. The molecular weight excluding hydrogens is 530 g/mol. The number of anilines is 1. The van der Waals surface area contributed by atoms with Gasteiger partial charge in [-0.3, -0.25) is 14.5 Å². The molecule has 1 amide bonds. The lowest BCUT2D eigenvalue weighted by Crippen LogP contribution is -2.30. The van der Waals surface area contributed by atoms with Crippen LogP contribution >= 0.6 is 11.8 Å². The summed E-state index contributed by atoms with van der Waals surface area (Å²) in [7, 11) is 1.53. The summed E-state index contributed by atoms with van der Waals surface area (Å²) in [6, 6.07) is 16.8. The summed E-state index contributed by atoms with van der Waals surface area (Å²) in [6.07, 6.45) is 1.53. The predicted molar refractivity (Wildman–Crippen MR) is 145 cm³/mol. The van der Waals surface area contributed by atoms with Crippen molar-refractivity contribution in [2.75, 3.05) is 24.4 Å². The number of rotatable bonds is 10. The maximum Gasteiger partial charge on any atom is 0.387 e. The highest BCUT2D eigenvalue weighted by Gasteiger charge is 2.32. The number of amides is 1. The summed E-state index contributed by atoms with van der Waals surface area (Å²) in [5, 5.41) is 10.2. The van der Waals surface area contributed by atoms with E-state index in [9.17, 15) is 23.5 Å². The number of aliphatic imine (C=N–C) groups is 1. The second-order valence-corrected chi connectivity index (χ2v) is 8.98. The molecule has 0 fully saturated rings. The number of alkyl halides is 2. The number of Topliss-reactive ketones (excluding diaryl/α,β-unsaturated/α-hetero) is 1. The highest BCUT2D eigenvalue weighted by Crippen LogP contribution is 2.33. The van der Waals surface area contributed by atoms with Gasteiger partial charge in [0.25, 0.3) is 5.91 Å². The summed E-state index contributed by atoms with van der Waals surface area (Å²) in [5.74, 6) is 0.0894. The van der Waals surface area contributed by atoms with Crippen molar-refractivity contribution in [3.05, 3.63) is 83.6 Å². The summed E-state index contributed by atoms with van der Waals surface area (Å²) < 4.78 is 40.1. The topological polar surface area (TPSA) is 97.7 Å². The van der Waals surface area contributed by atoms with Crippen LogP contribution < -0.4 is 19.1 Å². The SMILES string of the molecule is CCOc1cc(C=C2N=C(SCC(=O)c3ccc(OC)cc3)N(c3ccc(OC(F)F)cc3)C2=O)ccc1O. The van der Waals surface area contributed by atoms with E-state index in [1.54, 1.807) is 43.3 Å². The highest BCUT2D eigenvalue weighted by atomic mass is 32.2. The molecule has 4 rings (SSSR count). The Morgan fingerprint density at radius 3 is 2.41 bits per heavy atom. The molecule has 0 unspecified atom stereocenters. The molecule has 39 heavy (non-hydrogen) atoms. The van der Waals surface area contributed by atoms with E-state index in [2.05, 4.69) is 9.73 Å². The monoisotopic (exact) mass is 554 g/mol. The number of carbonyl (C=O) groups excluding carboxylic acids is 2. The number of ether oxygens (including phenoxy) is 3. The Bertz CT molecular complexity index is 1410. The predicted octanol–water partition coefficient (Wildman–Crippen LogP) is 5.76. The van der Waals surface area contributed by atoms with Crippen molar-refractivity contribution in [2.45, 2.75) is 13.5 Å². The number of hydrogen-bond donors (Lipinski definition) is 1. The van der Waals surface area contributed by atoms with Crippen molar-refractivity contribution in [3.8, 4) is 23.0 Å². The summed E-state index contributed by atoms with van der Waals surface area (Å²) >= 11 is 1.06. The Kier molecular flexibility index (Phi) is 8.82. The zero-order chi connectivity index (χ0) is 27.9. The Morgan fingerprint density at radius 2 is 1.77 bits per heavy atom. The minimum Gasteiger partial charge on any atom is -0.504 e. The summed E-state index contributed by atoms with van der Waals surface area (Å²) in [4.78, 5) is 32.0. The fraction of sp³-hybridized carbons (Fsp3) is 0.179. The number of phenolic OH excluding ortho intramolecular Hbond substituents is 1. The van der Waals surface area contributed by atoms with Crippen LogP contribution in [0.1, 0.15) is 22.8 Å². The van der Waals surface area contributed by atoms with E-state index in [0.29, 0.717) is 29.2 Å². The molecule has 1 aliphatic rings. The third-order valence-electron chi connectivity index (χ3n) is 5.48. The van der Waals surface area contributed by atoms with Crippen molar-refractivity contribution >= 4 is 40.4 Å². The maximum absolute atomic E-state index is 13.4. The Morgan fingerprint density at radius 1 is 1.08 bits per heavy atom. The zero-order valence-corrected chi connectivity index (χ0v) is 21.8. The van der Waals surface area contributed by atoms with Crippen LogP contribution in [-0.2, 0) is 4.79 Å². The summed E-state index contributed by atoms with van der Waals surface area (Å²) in [6.45, 7) is -0.865. The minimum atomic E-state index is -2.98. The number of ketones is 1. The van der Waals surface area contributed by atoms with Crippen LogP contribution in [0.5, 0.6) is 23.0 Å². The first-order valence-electron chi connectivity index (χ1n) is 11.7. The normalized spacial score (nSPS) is 14.1.